The smallest absolute Gasteiger partial charge is 0.326 e. The van der Waals surface area contributed by atoms with Gasteiger partial charge in [-0.1, -0.05) is 13.3 Å². The van der Waals surface area contributed by atoms with Crippen LogP contribution in [-0.4, -0.2) is 35.6 Å². The van der Waals surface area contributed by atoms with Gasteiger partial charge < -0.3 is 21.5 Å². The number of aliphatic carboxylic acids is 1. The number of urea groups is 1. The predicted molar refractivity (Wildman–Crippen MR) is 61.3 cm³/mol. The molecule has 0 spiro atoms. The van der Waals surface area contributed by atoms with E-state index in [1.807, 2.05) is 6.92 Å². The van der Waals surface area contributed by atoms with Gasteiger partial charge in [0, 0.05) is 13.0 Å². The fourth-order valence-corrected chi connectivity index (χ4v) is 1.13. The van der Waals surface area contributed by atoms with Crippen LogP contribution in [0.5, 0.6) is 0 Å². The highest BCUT2D eigenvalue weighted by Gasteiger charge is 2.19. The van der Waals surface area contributed by atoms with Crippen LogP contribution in [0.2, 0.25) is 0 Å². The van der Waals surface area contributed by atoms with E-state index < -0.39 is 23.9 Å². The summed E-state index contributed by atoms with van der Waals surface area (Å²) in [5.41, 5.74) is 4.91. The summed E-state index contributed by atoms with van der Waals surface area (Å²) in [7, 11) is 0. The fourth-order valence-electron chi connectivity index (χ4n) is 1.13. The molecule has 0 bridgehead atoms. The Kier molecular flexibility index (Phi) is 7.49. The Morgan fingerprint density at radius 3 is 2.47 bits per heavy atom. The van der Waals surface area contributed by atoms with Gasteiger partial charge in [-0.25, -0.2) is 9.59 Å². The summed E-state index contributed by atoms with van der Waals surface area (Å²) >= 11 is 0. The number of nitrogens with two attached hydrogens (primary N) is 1. The fraction of sp³-hybridized carbons (Fsp3) is 0.700. The number of nitrogens with one attached hydrogen (secondary N) is 2. The first-order valence-corrected chi connectivity index (χ1v) is 5.52. The van der Waals surface area contributed by atoms with Crippen molar-refractivity contribution < 1.29 is 19.5 Å². The van der Waals surface area contributed by atoms with Crippen LogP contribution < -0.4 is 16.4 Å². The number of hydrogen-bond acceptors (Lipinski definition) is 3. The number of carboxylic acid groups (broad SMARTS) is 1. The molecule has 7 heteroatoms. The Hall–Kier alpha value is -1.79. The molecule has 17 heavy (non-hydrogen) atoms. The summed E-state index contributed by atoms with van der Waals surface area (Å²) in [4.78, 5) is 32.6. The van der Waals surface area contributed by atoms with E-state index in [0.29, 0.717) is 6.54 Å². The van der Waals surface area contributed by atoms with E-state index in [4.69, 9.17) is 10.8 Å². The zero-order chi connectivity index (χ0) is 13.3. The maximum Gasteiger partial charge on any atom is 0.326 e. The molecule has 1 atom stereocenters. The molecular weight excluding hydrogens is 226 g/mol. The van der Waals surface area contributed by atoms with Gasteiger partial charge in [0.1, 0.15) is 6.04 Å². The largest absolute Gasteiger partial charge is 0.480 e. The predicted octanol–water partition coefficient (Wildman–Crippen LogP) is -0.196. The maximum atomic E-state index is 11.3. The lowest BCUT2D eigenvalue weighted by molar-refractivity contribution is -0.139. The number of primary amides is 1. The summed E-state index contributed by atoms with van der Waals surface area (Å²) in [6.07, 6.45) is 1.68. The Morgan fingerprint density at radius 1 is 1.35 bits per heavy atom. The van der Waals surface area contributed by atoms with Crippen molar-refractivity contribution in [2.24, 2.45) is 5.73 Å². The first kappa shape index (κ1) is 15.2. The average Bonchev–Trinajstić information content (AvgIpc) is 2.23. The van der Waals surface area contributed by atoms with Crippen LogP contribution in [0.4, 0.5) is 4.79 Å². The lowest BCUT2D eigenvalue weighted by Crippen LogP contribution is -2.46. The van der Waals surface area contributed by atoms with Crippen LogP contribution in [0.1, 0.15) is 32.6 Å². The second kappa shape index (κ2) is 8.37. The quantitative estimate of drug-likeness (QED) is 0.442. The molecule has 98 valence electrons. The molecule has 0 unspecified atom stereocenters. The molecule has 0 aromatic carbocycles. The molecule has 0 aliphatic rings. The van der Waals surface area contributed by atoms with E-state index in [1.54, 1.807) is 0 Å². The monoisotopic (exact) mass is 245 g/mol. The number of carbonyl (C=O) groups excluding carboxylic acids is 2. The van der Waals surface area contributed by atoms with Crippen molar-refractivity contribution in [2.45, 2.75) is 38.6 Å². The number of amides is 3. The summed E-state index contributed by atoms with van der Waals surface area (Å²) in [5, 5.41) is 13.6. The minimum atomic E-state index is -1.18. The molecule has 0 fully saturated rings. The second-order valence-electron chi connectivity index (χ2n) is 3.65. The second-order valence-corrected chi connectivity index (χ2v) is 3.65. The van der Waals surface area contributed by atoms with E-state index in [9.17, 15) is 14.4 Å². The van der Waals surface area contributed by atoms with Crippen LogP contribution >= 0.6 is 0 Å². The van der Waals surface area contributed by atoms with Gasteiger partial charge in [0.05, 0.1) is 0 Å². The van der Waals surface area contributed by atoms with E-state index in [1.165, 1.54) is 0 Å². The topological polar surface area (TPSA) is 122 Å². The molecule has 0 saturated carbocycles. The van der Waals surface area contributed by atoms with Crippen LogP contribution in [0.25, 0.3) is 0 Å². The van der Waals surface area contributed by atoms with Gasteiger partial charge in [-0.15, -0.1) is 0 Å². The van der Waals surface area contributed by atoms with E-state index in [-0.39, 0.29) is 12.8 Å². The third kappa shape index (κ3) is 8.06. The zero-order valence-electron chi connectivity index (χ0n) is 9.86. The average molecular weight is 245 g/mol. The van der Waals surface area contributed by atoms with Crippen molar-refractivity contribution >= 4 is 17.9 Å². The summed E-state index contributed by atoms with van der Waals surface area (Å²) < 4.78 is 0. The highest BCUT2D eigenvalue weighted by Crippen LogP contribution is 1.97. The van der Waals surface area contributed by atoms with E-state index in [2.05, 4.69) is 10.6 Å². The van der Waals surface area contributed by atoms with E-state index >= 15 is 0 Å². The molecule has 0 aliphatic carbocycles. The molecule has 5 N–H and O–H groups in total. The highest BCUT2D eigenvalue weighted by molar-refractivity contribution is 5.83. The molecule has 0 aliphatic heterocycles. The number of rotatable bonds is 8. The Bertz CT molecular complexity index is 281. The Labute approximate surface area is 99.7 Å². The molecule has 7 nitrogen and oxygen atoms in total. The van der Waals surface area contributed by atoms with Crippen molar-refractivity contribution in [3.63, 3.8) is 0 Å². The van der Waals surface area contributed by atoms with Crippen molar-refractivity contribution in [3.8, 4) is 0 Å². The Balaban J connectivity index is 4.02. The summed E-state index contributed by atoms with van der Waals surface area (Å²) in [5.74, 6) is -1.78. The lowest BCUT2D eigenvalue weighted by Gasteiger charge is -2.14. The van der Waals surface area contributed by atoms with Crippen LogP contribution in [0.3, 0.4) is 0 Å². The number of carbonyl (C=O) groups is 3. The molecule has 0 radical (unpaired) electrons. The standard InChI is InChI=1S/C10H19N3O4/c1-2-3-6-12-10(17)13-7(9(15)16)4-5-8(11)14/h7H,2-6H2,1H3,(H2,11,14)(H,15,16)(H2,12,13,17)/t7-/m0/s1. The van der Waals surface area contributed by atoms with Crippen molar-refractivity contribution in [3.05, 3.63) is 0 Å². The van der Waals surface area contributed by atoms with Gasteiger partial charge in [0.15, 0.2) is 0 Å². The van der Waals surface area contributed by atoms with Gasteiger partial charge >= 0.3 is 12.0 Å². The van der Waals surface area contributed by atoms with Gasteiger partial charge in [0.2, 0.25) is 5.91 Å². The van der Waals surface area contributed by atoms with Crippen LogP contribution in [0, 0.1) is 0 Å². The molecular formula is C10H19N3O4. The van der Waals surface area contributed by atoms with Gasteiger partial charge in [0.25, 0.3) is 0 Å². The third-order valence-electron chi connectivity index (χ3n) is 2.10. The lowest BCUT2D eigenvalue weighted by atomic mass is 10.1. The minimum absolute atomic E-state index is 0.00807. The Morgan fingerprint density at radius 2 is 2.00 bits per heavy atom. The molecule has 0 aromatic rings. The third-order valence-corrected chi connectivity index (χ3v) is 2.10. The first-order chi connectivity index (χ1) is 7.97. The molecule has 0 rings (SSSR count). The number of carboxylic acids is 1. The molecule has 0 saturated heterocycles. The van der Waals surface area contributed by atoms with Gasteiger partial charge in [-0.05, 0) is 12.8 Å². The number of unbranched alkanes of at least 4 members (excludes halogenated alkanes) is 1. The van der Waals surface area contributed by atoms with Crippen LogP contribution in [0.15, 0.2) is 0 Å². The highest BCUT2D eigenvalue weighted by atomic mass is 16.4. The minimum Gasteiger partial charge on any atom is -0.480 e. The van der Waals surface area contributed by atoms with Gasteiger partial charge in [-0.2, -0.15) is 0 Å². The molecule has 0 aromatic heterocycles. The molecule has 3 amide bonds. The van der Waals surface area contributed by atoms with Crippen molar-refractivity contribution in [2.75, 3.05) is 6.54 Å². The van der Waals surface area contributed by atoms with Crippen LogP contribution in [-0.2, 0) is 9.59 Å². The van der Waals surface area contributed by atoms with Gasteiger partial charge in [-0.3, -0.25) is 4.79 Å². The summed E-state index contributed by atoms with van der Waals surface area (Å²) in [6, 6.07) is -1.64. The summed E-state index contributed by atoms with van der Waals surface area (Å²) in [6.45, 7) is 2.47. The van der Waals surface area contributed by atoms with E-state index in [0.717, 1.165) is 12.8 Å². The first-order valence-electron chi connectivity index (χ1n) is 5.52. The molecule has 0 heterocycles. The maximum absolute atomic E-state index is 11.3. The van der Waals surface area contributed by atoms with Crippen molar-refractivity contribution in [1.82, 2.24) is 10.6 Å². The van der Waals surface area contributed by atoms with Crippen molar-refractivity contribution in [1.29, 1.82) is 0 Å². The number of hydrogen-bond donors (Lipinski definition) is 4. The SMILES string of the molecule is CCCCNC(=O)N[C@@H](CCC(N)=O)C(=O)O. The normalized spacial score (nSPS) is 11.6. The zero-order valence-corrected chi connectivity index (χ0v) is 9.86.